The molecule has 0 saturated carbocycles. The molecule has 0 aromatic carbocycles. The zero-order valence-corrected chi connectivity index (χ0v) is 10.2. The van der Waals surface area contributed by atoms with Crippen molar-refractivity contribution in [2.24, 2.45) is 7.05 Å². The predicted octanol–water partition coefficient (Wildman–Crippen LogP) is 1.89. The molecule has 0 aliphatic rings. The summed E-state index contributed by atoms with van der Waals surface area (Å²) in [5.74, 6) is -0.266. The van der Waals surface area contributed by atoms with Crippen molar-refractivity contribution in [3.05, 3.63) is 27.9 Å². The van der Waals surface area contributed by atoms with Gasteiger partial charge < -0.3 is 0 Å². The number of hydrogen-bond donors (Lipinski definition) is 1. The zero-order valence-electron chi connectivity index (χ0n) is 7.77. The van der Waals surface area contributed by atoms with Crippen LogP contribution in [0.15, 0.2) is 22.2 Å². The van der Waals surface area contributed by atoms with Crippen LogP contribution in [0.25, 0.3) is 0 Å². The van der Waals surface area contributed by atoms with Crippen LogP contribution in [0.3, 0.4) is 0 Å². The Morgan fingerprint density at radius 1 is 1.67 bits per heavy atom. The minimum absolute atomic E-state index is 0.266. The number of aryl methyl sites for hydroxylation is 1. The van der Waals surface area contributed by atoms with E-state index in [0.29, 0.717) is 15.3 Å². The first-order valence-corrected chi connectivity index (χ1v) is 5.74. The van der Waals surface area contributed by atoms with Gasteiger partial charge in [-0.15, -0.1) is 11.3 Å². The van der Waals surface area contributed by atoms with Gasteiger partial charge in [-0.1, -0.05) is 0 Å². The molecular formula is C8H7BrN4OS. The minimum Gasteiger partial charge on any atom is -0.296 e. The first-order valence-electron chi connectivity index (χ1n) is 4.07. The van der Waals surface area contributed by atoms with Crippen LogP contribution in [0, 0.1) is 0 Å². The Kier molecular flexibility index (Phi) is 2.83. The van der Waals surface area contributed by atoms with Gasteiger partial charge in [0.1, 0.15) is 0 Å². The lowest BCUT2D eigenvalue weighted by atomic mass is 10.4. The number of thiazole rings is 1. The summed E-state index contributed by atoms with van der Waals surface area (Å²) in [4.78, 5) is 15.7. The molecule has 0 fully saturated rings. The van der Waals surface area contributed by atoms with Crippen molar-refractivity contribution in [1.82, 2.24) is 14.8 Å². The standard InChI is InChI=1S/C8H7BrN4OS/c1-13-4-5(9)6(12-13)7(14)11-8-10-2-3-15-8/h2-4H,1H3,(H,10,11,14). The third-order valence-corrected chi connectivity index (χ3v) is 2.92. The first-order chi connectivity index (χ1) is 7.16. The van der Waals surface area contributed by atoms with Crippen LogP contribution in [0.2, 0.25) is 0 Å². The number of aromatic nitrogens is 3. The molecule has 1 amide bonds. The normalized spacial score (nSPS) is 10.3. The summed E-state index contributed by atoms with van der Waals surface area (Å²) in [5, 5.41) is 9.04. The second kappa shape index (κ2) is 4.11. The van der Waals surface area contributed by atoms with Crippen molar-refractivity contribution < 1.29 is 4.79 Å². The van der Waals surface area contributed by atoms with E-state index < -0.39 is 0 Å². The number of hydrogen-bond acceptors (Lipinski definition) is 4. The maximum absolute atomic E-state index is 11.7. The van der Waals surface area contributed by atoms with Crippen LogP contribution in [0.4, 0.5) is 5.13 Å². The van der Waals surface area contributed by atoms with Crippen molar-refractivity contribution >= 4 is 38.3 Å². The van der Waals surface area contributed by atoms with Gasteiger partial charge >= 0.3 is 0 Å². The molecule has 2 rings (SSSR count). The topological polar surface area (TPSA) is 59.8 Å². The molecule has 1 N–H and O–H groups in total. The number of halogens is 1. The van der Waals surface area contributed by atoms with Gasteiger partial charge in [-0.3, -0.25) is 14.8 Å². The summed E-state index contributed by atoms with van der Waals surface area (Å²) < 4.78 is 2.24. The van der Waals surface area contributed by atoms with Crippen molar-refractivity contribution in [3.63, 3.8) is 0 Å². The Morgan fingerprint density at radius 2 is 2.47 bits per heavy atom. The van der Waals surface area contributed by atoms with Gasteiger partial charge in [0.25, 0.3) is 5.91 Å². The Balaban J connectivity index is 2.18. The van der Waals surface area contributed by atoms with Crippen LogP contribution < -0.4 is 5.32 Å². The highest BCUT2D eigenvalue weighted by molar-refractivity contribution is 9.10. The molecule has 0 spiro atoms. The van der Waals surface area contributed by atoms with Crippen LogP contribution >= 0.6 is 27.3 Å². The van der Waals surface area contributed by atoms with Crippen molar-refractivity contribution in [1.29, 1.82) is 0 Å². The zero-order chi connectivity index (χ0) is 10.8. The van der Waals surface area contributed by atoms with Crippen molar-refractivity contribution in [2.45, 2.75) is 0 Å². The molecule has 0 aliphatic heterocycles. The average molecular weight is 287 g/mol. The lowest BCUT2D eigenvalue weighted by Crippen LogP contribution is -2.13. The number of carbonyl (C=O) groups excluding carboxylic acids is 1. The van der Waals surface area contributed by atoms with Crippen LogP contribution in [-0.4, -0.2) is 20.7 Å². The summed E-state index contributed by atoms with van der Waals surface area (Å²) in [6.07, 6.45) is 3.35. The third-order valence-electron chi connectivity index (χ3n) is 1.65. The molecule has 78 valence electrons. The SMILES string of the molecule is Cn1cc(Br)c(C(=O)Nc2nccs2)n1. The highest BCUT2D eigenvalue weighted by Crippen LogP contribution is 2.17. The van der Waals surface area contributed by atoms with E-state index >= 15 is 0 Å². The number of amides is 1. The smallest absolute Gasteiger partial charge is 0.279 e. The third kappa shape index (κ3) is 2.24. The Hall–Kier alpha value is -1.21. The number of nitrogens with one attached hydrogen (secondary N) is 1. The first kappa shape index (κ1) is 10.3. The van der Waals surface area contributed by atoms with Gasteiger partial charge in [-0.2, -0.15) is 5.10 Å². The highest BCUT2D eigenvalue weighted by Gasteiger charge is 2.14. The van der Waals surface area contributed by atoms with E-state index in [1.165, 1.54) is 11.3 Å². The molecule has 15 heavy (non-hydrogen) atoms. The number of rotatable bonds is 2. The van der Waals surface area contributed by atoms with Gasteiger partial charge in [-0.05, 0) is 15.9 Å². The monoisotopic (exact) mass is 286 g/mol. The molecule has 2 aromatic rings. The summed E-state index contributed by atoms with van der Waals surface area (Å²) in [5.41, 5.74) is 0.354. The highest BCUT2D eigenvalue weighted by atomic mass is 79.9. The fourth-order valence-corrected chi connectivity index (χ4v) is 2.13. The quantitative estimate of drug-likeness (QED) is 0.917. The Labute approximate surface area is 98.3 Å². The molecule has 2 aromatic heterocycles. The van der Waals surface area contributed by atoms with Gasteiger partial charge in [0.15, 0.2) is 10.8 Å². The molecule has 0 saturated heterocycles. The fraction of sp³-hybridized carbons (Fsp3) is 0.125. The molecule has 0 aliphatic carbocycles. The Morgan fingerprint density at radius 3 is 3.00 bits per heavy atom. The van der Waals surface area contributed by atoms with Gasteiger partial charge in [0.05, 0.1) is 4.47 Å². The van der Waals surface area contributed by atoms with Crippen molar-refractivity contribution in [3.8, 4) is 0 Å². The lowest BCUT2D eigenvalue weighted by Gasteiger charge is -1.97. The summed E-state index contributed by atoms with van der Waals surface area (Å²) in [7, 11) is 1.75. The number of anilines is 1. The largest absolute Gasteiger partial charge is 0.296 e. The molecule has 0 radical (unpaired) electrons. The van der Waals surface area contributed by atoms with Gasteiger partial charge in [0, 0.05) is 24.8 Å². The molecule has 0 unspecified atom stereocenters. The van der Waals surface area contributed by atoms with Crippen LogP contribution in [-0.2, 0) is 7.05 Å². The van der Waals surface area contributed by atoms with E-state index in [9.17, 15) is 4.79 Å². The Bertz CT molecular complexity index is 479. The van der Waals surface area contributed by atoms with Gasteiger partial charge in [0.2, 0.25) is 0 Å². The summed E-state index contributed by atoms with van der Waals surface area (Å²) in [6.45, 7) is 0. The molecule has 5 nitrogen and oxygen atoms in total. The van der Waals surface area contributed by atoms with E-state index in [2.05, 4.69) is 31.3 Å². The fourth-order valence-electron chi connectivity index (χ4n) is 1.05. The second-order valence-electron chi connectivity index (χ2n) is 2.79. The summed E-state index contributed by atoms with van der Waals surface area (Å²) >= 11 is 4.63. The molecule has 0 bridgehead atoms. The lowest BCUT2D eigenvalue weighted by molar-refractivity contribution is 0.102. The van der Waals surface area contributed by atoms with Crippen molar-refractivity contribution in [2.75, 3.05) is 5.32 Å². The summed E-state index contributed by atoms with van der Waals surface area (Å²) in [6, 6.07) is 0. The molecule has 7 heteroatoms. The number of nitrogens with zero attached hydrogens (tertiary/aromatic N) is 3. The van der Waals surface area contributed by atoms with E-state index in [-0.39, 0.29) is 5.91 Å². The van der Waals surface area contributed by atoms with Crippen LogP contribution in [0.1, 0.15) is 10.5 Å². The van der Waals surface area contributed by atoms with Crippen LogP contribution in [0.5, 0.6) is 0 Å². The average Bonchev–Trinajstić information content (AvgIpc) is 2.75. The van der Waals surface area contributed by atoms with Gasteiger partial charge in [-0.25, -0.2) is 4.98 Å². The maximum atomic E-state index is 11.7. The minimum atomic E-state index is -0.266. The molecule has 2 heterocycles. The maximum Gasteiger partial charge on any atom is 0.279 e. The van der Waals surface area contributed by atoms with E-state index in [0.717, 1.165) is 0 Å². The van der Waals surface area contributed by atoms with E-state index in [4.69, 9.17) is 0 Å². The second-order valence-corrected chi connectivity index (χ2v) is 4.54. The number of carbonyl (C=O) groups is 1. The van der Waals surface area contributed by atoms with E-state index in [1.807, 2.05) is 0 Å². The molecule has 0 atom stereocenters. The predicted molar refractivity (Wildman–Crippen MR) is 61.0 cm³/mol. The molecular weight excluding hydrogens is 280 g/mol. The van der Waals surface area contributed by atoms with E-state index in [1.54, 1.807) is 29.5 Å².